The minimum Gasteiger partial charge on any atom is -0.493 e. The molecule has 2 N–H and O–H groups in total. The van der Waals surface area contributed by atoms with Crippen molar-refractivity contribution in [1.82, 2.24) is 4.90 Å². The van der Waals surface area contributed by atoms with E-state index in [1.54, 1.807) is 18.4 Å². The maximum atomic E-state index is 10.5. The molecule has 7 heteroatoms. The van der Waals surface area contributed by atoms with Crippen LogP contribution in [0.15, 0.2) is 71.3 Å². The maximum Gasteiger partial charge on any atom is 0.303 e. The van der Waals surface area contributed by atoms with Crippen molar-refractivity contribution in [3.05, 3.63) is 78.1 Å². The molecule has 36 heavy (non-hydrogen) atoms. The van der Waals surface area contributed by atoms with Gasteiger partial charge in [0.25, 0.3) is 0 Å². The lowest BCUT2D eigenvalue weighted by molar-refractivity contribution is -0.137. The summed E-state index contributed by atoms with van der Waals surface area (Å²) >= 11 is 0. The Balaban J connectivity index is 0.000000233. The molecule has 0 aliphatic heterocycles. The first-order valence-electron chi connectivity index (χ1n) is 12.4. The molecule has 0 radical (unpaired) electrons. The molecule has 1 atom stereocenters. The van der Waals surface area contributed by atoms with Crippen LogP contribution in [0.3, 0.4) is 0 Å². The highest BCUT2D eigenvalue weighted by atomic mass is 16.5. The van der Waals surface area contributed by atoms with Crippen molar-refractivity contribution in [2.45, 2.75) is 44.8 Å². The number of aliphatic hydroxyl groups excluding tert-OH is 1. The van der Waals surface area contributed by atoms with E-state index in [9.17, 15) is 14.7 Å². The van der Waals surface area contributed by atoms with E-state index in [0.717, 1.165) is 48.5 Å². The van der Waals surface area contributed by atoms with E-state index in [-0.39, 0.29) is 6.42 Å². The van der Waals surface area contributed by atoms with Gasteiger partial charge in [-0.15, -0.1) is 0 Å². The zero-order valence-electron chi connectivity index (χ0n) is 20.7. The van der Waals surface area contributed by atoms with Crippen molar-refractivity contribution in [2.75, 3.05) is 20.2 Å². The van der Waals surface area contributed by atoms with Gasteiger partial charge in [-0.1, -0.05) is 42.5 Å². The standard InChI is InChI=1S/C18H27NO4.C11H8O2/c1-19(13-14-10-11-14)18(22)15-7-4-5-8-16(15)23-12-6-2-3-9-17(20)21;12-8-9-3-5-10(6-4-9)11-2-1-7-13-11/h4-5,7-8,14,18,22H,2-3,6,9-13H2,1H3,(H,20,21);1-8H. The zero-order chi connectivity index (χ0) is 25.8. The summed E-state index contributed by atoms with van der Waals surface area (Å²) in [4.78, 5) is 22.8. The number of hydrogen-bond donors (Lipinski definition) is 2. The molecule has 1 aliphatic carbocycles. The number of rotatable bonds is 13. The minimum atomic E-state index is -0.752. The third kappa shape index (κ3) is 8.98. The van der Waals surface area contributed by atoms with Crippen LogP contribution in [0.4, 0.5) is 0 Å². The number of carboxylic acid groups (broad SMARTS) is 1. The predicted octanol–water partition coefficient (Wildman–Crippen LogP) is 5.80. The average Bonchev–Trinajstić information content (AvgIpc) is 3.54. The fraction of sp³-hybridized carbons (Fsp3) is 0.379. The van der Waals surface area contributed by atoms with Crippen LogP contribution in [0.2, 0.25) is 0 Å². The largest absolute Gasteiger partial charge is 0.493 e. The predicted molar refractivity (Wildman–Crippen MR) is 138 cm³/mol. The third-order valence-electron chi connectivity index (χ3n) is 6.00. The van der Waals surface area contributed by atoms with Crippen molar-refractivity contribution < 1.29 is 29.0 Å². The molecule has 1 aromatic heterocycles. The van der Waals surface area contributed by atoms with Crippen LogP contribution in [0.5, 0.6) is 5.75 Å². The van der Waals surface area contributed by atoms with Crippen LogP contribution in [-0.4, -0.2) is 47.6 Å². The number of para-hydroxylation sites is 1. The summed E-state index contributed by atoms with van der Waals surface area (Å²) in [6.07, 6.45) is 6.84. The number of nitrogens with zero attached hydrogens (tertiary/aromatic N) is 1. The molecule has 1 saturated carbocycles. The van der Waals surface area contributed by atoms with Gasteiger partial charge in [0.1, 0.15) is 24.0 Å². The maximum absolute atomic E-state index is 10.5. The van der Waals surface area contributed by atoms with Gasteiger partial charge in [0.15, 0.2) is 0 Å². The fourth-order valence-corrected chi connectivity index (χ4v) is 3.78. The zero-order valence-corrected chi connectivity index (χ0v) is 20.7. The van der Waals surface area contributed by atoms with Crippen LogP contribution < -0.4 is 4.74 Å². The highest BCUT2D eigenvalue weighted by Crippen LogP contribution is 2.33. The fourth-order valence-electron chi connectivity index (χ4n) is 3.78. The van der Waals surface area contributed by atoms with Crippen molar-refractivity contribution in [1.29, 1.82) is 0 Å². The first-order valence-corrected chi connectivity index (χ1v) is 12.4. The van der Waals surface area contributed by atoms with Gasteiger partial charge in [-0.25, -0.2) is 0 Å². The first kappa shape index (κ1) is 27.2. The van der Waals surface area contributed by atoms with E-state index in [0.29, 0.717) is 24.3 Å². The van der Waals surface area contributed by atoms with Crippen LogP contribution >= 0.6 is 0 Å². The number of unbranched alkanes of at least 4 members (excludes halogenated alkanes) is 2. The van der Waals surface area contributed by atoms with Crippen molar-refractivity contribution in [3.8, 4) is 17.1 Å². The van der Waals surface area contributed by atoms with E-state index in [2.05, 4.69) is 0 Å². The molecule has 2 aromatic carbocycles. The lowest BCUT2D eigenvalue weighted by atomic mass is 10.1. The number of aldehydes is 1. The minimum absolute atomic E-state index is 0.210. The Hall–Kier alpha value is -3.42. The molecule has 3 aromatic rings. The highest BCUT2D eigenvalue weighted by Gasteiger charge is 2.26. The normalized spacial score (nSPS) is 13.5. The number of furan rings is 1. The molecule has 1 unspecified atom stereocenters. The Morgan fingerprint density at radius 1 is 1.08 bits per heavy atom. The molecule has 0 spiro atoms. The van der Waals surface area contributed by atoms with Gasteiger partial charge in [0, 0.05) is 29.7 Å². The van der Waals surface area contributed by atoms with Gasteiger partial charge in [-0.05, 0) is 63.3 Å². The molecular weight excluding hydrogens is 458 g/mol. The second kappa shape index (κ2) is 14.2. The number of benzene rings is 2. The second-order valence-corrected chi connectivity index (χ2v) is 9.06. The average molecular weight is 494 g/mol. The highest BCUT2D eigenvalue weighted by molar-refractivity contribution is 5.76. The van der Waals surface area contributed by atoms with E-state index in [4.69, 9.17) is 14.3 Å². The van der Waals surface area contributed by atoms with E-state index in [1.807, 2.05) is 60.5 Å². The molecule has 1 heterocycles. The van der Waals surface area contributed by atoms with Crippen molar-refractivity contribution >= 4 is 12.3 Å². The number of carbonyl (C=O) groups is 2. The van der Waals surface area contributed by atoms with E-state index in [1.165, 1.54) is 12.8 Å². The Morgan fingerprint density at radius 3 is 2.47 bits per heavy atom. The monoisotopic (exact) mass is 493 g/mol. The summed E-state index contributed by atoms with van der Waals surface area (Å²) in [7, 11) is 1.94. The van der Waals surface area contributed by atoms with Crippen LogP contribution in [0, 0.1) is 5.92 Å². The van der Waals surface area contributed by atoms with E-state index < -0.39 is 12.2 Å². The number of aliphatic carboxylic acids is 1. The lowest BCUT2D eigenvalue weighted by Crippen LogP contribution is -2.27. The number of carboxylic acids is 1. The number of carbonyl (C=O) groups excluding carboxylic acids is 1. The molecule has 4 rings (SSSR count). The summed E-state index contributed by atoms with van der Waals surface area (Å²) in [6.45, 7) is 1.44. The molecule has 1 fully saturated rings. The second-order valence-electron chi connectivity index (χ2n) is 9.06. The third-order valence-corrected chi connectivity index (χ3v) is 6.00. The van der Waals surface area contributed by atoms with Crippen LogP contribution in [0.25, 0.3) is 11.3 Å². The molecule has 7 nitrogen and oxygen atoms in total. The van der Waals surface area contributed by atoms with Crippen molar-refractivity contribution in [3.63, 3.8) is 0 Å². The number of aliphatic hydroxyl groups is 1. The van der Waals surface area contributed by atoms with Gasteiger partial charge in [-0.3, -0.25) is 14.5 Å². The Kier molecular flexibility index (Phi) is 10.7. The smallest absolute Gasteiger partial charge is 0.303 e. The Bertz CT molecular complexity index is 1060. The number of ether oxygens (including phenoxy) is 1. The molecular formula is C29H35NO6. The molecule has 0 bridgehead atoms. The van der Waals surface area contributed by atoms with Gasteiger partial charge < -0.3 is 19.4 Å². The van der Waals surface area contributed by atoms with Crippen molar-refractivity contribution in [2.24, 2.45) is 5.92 Å². The molecule has 1 aliphatic rings. The molecule has 0 saturated heterocycles. The molecule has 192 valence electrons. The summed E-state index contributed by atoms with van der Waals surface area (Å²) in [6, 6.07) is 18.6. The topological polar surface area (TPSA) is 100 Å². The summed E-state index contributed by atoms with van der Waals surface area (Å²) in [5.74, 6) is 1.49. The van der Waals surface area contributed by atoms with Crippen LogP contribution in [-0.2, 0) is 4.79 Å². The molecule has 0 amide bonds. The number of hydrogen-bond acceptors (Lipinski definition) is 6. The van der Waals surface area contributed by atoms with Gasteiger partial charge in [-0.2, -0.15) is 0 Å². The van der Waals surface area contributed by atoms with Crippen LogP contribution in [0.1, 0.15) is 60.7 Å². The quantitative estimate of drug-likeness (QED) is 0.176. The summed E-state index contributed by atoms with van der Waals surface area (Å²) < 4.78 is 11.0. The Morgan fingerprint density at radius 2 is 1.83 bits per heavy atom. The van der Waals surface area contributed by atoms with Gasteiger partial charge in [0.2, 0.25) is 0 Å². The van der Waals surface area contributed by atoms with Gasteiger partial charge >= 0.3 is 5.97 Å². The summed E-state index contributed by atoms with van der Waals surface area (Å²) in [5, 5.41) is 19.1. The van der Waals surface area contributed by atoms with Gasteiger partial charge in [0.05, 0.1) is 12.9 Å². The Labute approximate surface area is 212 Å². The first-order chi connectivity index (χ1) is 17.5. The van der Waals surface area contributed by atoms with E-state index >= 15 is 0 Å². The SMILES string of the molecule is CN(CC1CC1)C(O)c1ccccc1OCCCCCC(=O)O.O=Cc1ccc(-c2ccco2)cc1. The lowest BCUT2D eigenvalue weighted by Gasteiger charge is -2.25. The summed E-state index contributed by atoms with van der Waals surface area (Å²) in [5.41, 5.74) is 2.45.